The number of hydrogen-bond donors (Lipinski definition) is 1. The highest BCUT2D eigenvalue weighted by atomic mass is 16.5. The predicted octanol–water partition coefficient (Wildman–Crippen LogP) is 3.51. The van der Waals surface area contributed by atoms with Gasteiger partial charge in [-0.3, -0.25) is 0 Å². The number of oxazole rings is 1. The highest BCUT2D eigenvalue weighted by Gasteiger charge is 2.21. The molecule has 0 radical (unpaired) electrons. The summed E-state index contributed by atoms with van der Waals surface area (Å²) >= 11 is 0. The molecule has 1 aliphatic rings. The van der Waals surface area contributed by atoms with Crippen molar-refractivity contribution in [3.63, 3.8) is 0 Å². The lowest BCUT2D eigenvalue weighted by Gasteiger charge is -2.30. The van der Waals surface area contributed by atoms with Crippen molar-refractivity contribution in [2.75, 3.05) is 11.9 Å². The van der Waals surface area contributed by atoms with Crippen LogP contribution in [0.4, 0.5) is 5.69 Å². The average Bonchev–Trinajstić information content (AvgIpc) is 2.78. The van der Waals surface area contributed by atoms with Crippen LogP contribution in [0.3, 0.4) is 0 Å². The Morgan fingerprint density at radius 3 is 3.16 bits per heavy atom. The Bertz CT molecular complexity index is 564. The molecule has 102 valence electrons. The van der Waals surface area contributed by atoms with Crippen LogP contribution >= 0.6 is 0 Å². The molecule has 2 atom stereocenters. The first kappa shape index (κ1) is 12.5. The van der Waals surface area contributed by atoms with Crippen LogP contribution in [0.5, 0.6) is 0 Å². The van der Waals surface area contributed by atoms with Gasteiger partial charge in [0.1, 0.15) is 5.52 Å². The fraction of sp³-hybridized carbons (Fsp3) is 0.533. The van der Waals surface area contributed by atoms with Crippen molar-refractivity contribution in [1.82, 2.24) is 4.98 Å². The van der Waals surface area contributed by atoms with E-state index in [0.717, 1.165) is 42.7 Å². The van der Waals surface area contributed by atoms with E-state index in [0.29, 0.717) is 18.0 Å². The number of ether oxygens (including phenoxy) is 1. The number of benzene rings is 1. The lowest BCUT2D eigenvalue weighted by Crippen LogP contribution is -2.33. The molecule has 1 aromatic heterocycles. The summed E-state index contributed by atoms with van der Waals surface area (Å²) in [5.41, 5.74) is 2.88. The molecule has 19 heavy (non-hydrogen) atoms. The summed E-state index contributed by atoms with van der Waals surface area (Å²) in [6, 6.07) is 6.59. The van der Waals surface area contributed by atoms with Crippen molar-refractivity contribution >= 4 is 16.8 Å². The van der Waals surface area contributed by atoms with Crippen LogP contribution in [0, 0.1) is 6.92 Å². The molecule has 0 bridgehead atoms. The Kier molecular flexibility index (Phi) is 3.42. The molecular weight excluding hydrogens is 240 g/mol. The van der Waals surface area contributed by atoms with Gasteiger partial charge in [0.2, 0.25) is 0 Å². The Morgan fingerprint density at radius 1 is 1.42 bits per heavy atom. The smallest absolute Gasteiger partial charge is 0.192 e. The number of nitrogens with one attached hydrogen (secondary N) is 1. The maximum Gasteiger partial charge on any atom is 0.192 e. The first-order chi connectivity index (χ1) is 9.24. The zero-order chi connectivity index (χ0) is 13.2. The second kappa shape index (κ2) is 5.21. The number of aromatic nitrogens is 1. The highest BCUT2D eigenvalue weighted by Crippen LogP contribution is 2.23. The third kappa shape index (κ3) is 2.73. The van der Waals surface area contributed by atoms with Crippen molar-refractivity contribution in [2.24, 2.45) is 0 Å². The topological polar surface area (TPSA) is 47.3 Å². The lowest BCUT2D eigenvalue weighted by atomic mass is 10.0. The number of aryl methyl sites for hydroxylation is 1. The lowest BCUT2D eigenvalue weighted by molar-refractivity contribution is 0.00926. The molecule has 0 saturated carbocycles. The first-order valence-electron chi connectivity index (χ1n) is 7.00. The van der Waals surface area contributed by atoms with E-state index in [9.17, 15) is 0 Å². The van der Waals surface area contributed by atoms with Crippen LogP contribution in [0.15, 0.2) is 22.6 Å². The van der Waals surface area contributed by atoms with Gasteiger partial charge in [-0.05, 0) is 37.5 Å². The van der Waals surface area contributed by atoms with Gasteiger partial charge in [-0.15, -0.1) is 0 Å². The van der Waals surface area contributed by atoms with Crippen LogP contribution in [0.2, 0.25) is 0 Å². The van der Waals surface area contributed by atoms with Gasteiger partial charge in [-0.1, -0.05) is 6.92 Å². The molecule has 1 N–H and O–H groups in total. The van der Waals surface area contributed by atoms with E-state index in [2.05, 4.69) is 29.4 Å². The SMILES string of the molecule is CCC1CC(Nc2ccc3oc(C)nc3c2)CCO1. The molecule has 4 heteroatoms. The minimum Gasteiger partial charge on any atom is -0.441 e. The molecule has 1 aliphatic heterocycles. The van der Waals surface area contributed by atoms with Crippen LogP contribution in [0.25, 0.3) is 11.1 Å². The van der Waals surface area contributed by atoms with E-state index in [1.807, 2.05) is 13.0 Å². The molecule has 3 rings (SSSR count). The van der Waals surface area contributed by atoms with Crippen LogP contribution < -0.4 is 5.32 Å². The summed E-state index contributed by atoms with van der Waals surface area (Å²) in [7, 11) is 0. The van der Waals surface area contributed by atoms with Gasteiger partial charge in [-0.2, -0.15) is 0 Å². The van der Waals surface area contributed by atoms with Crippen LogP contribution in [-0.4, -0.2) is 23.7 Å². The van der Waals surface area contributed by atoms with E-state index in [-0.39, 0.29) is 0 Å². The quantitative estimate of drug-likeness (QED) is 0.917. The summed E-state index contributed by atoms with van der Waals surface area (Å²) in [5, 5.41) is 3.58. The summed E-state index contributed by atoms with van der Waals surface area (Å²) in [4.78, 5) is 4.37. The molecule has 2 heterocycles. The number of nitrogens with zero attached hydrogens (tertiary/aromatic N) is 1. The molecule has 0 amide bonds. The fourth-order valence-electron chi connectivity index (χ4n) is 2.66. The molecule has 0 aliphatic carbocycles. The largest absolute Gasteiger partial charge is 0.441 e. The minimum absolute atomic E-state index is 0.393. The second-order valence-electron chi connectivity index (χ2n) is 5.18. The Labute approximate surface area is 113 Å². The zero-order valence-corrected chi connectivity index (χ0v) is 11.5. The van der Waals surface area contributed by atoms with E-state index in [1.165, 1.54) is 0 Å². The molecule has 1 fully saturated rings. The molecule has 4 nitrogen and oxygen atoms in total. The standard InChI is InChI=1S/C15H20N2O2/c1-3-13-8-12(6-7-18-13)17-11-4-5-15-14(9-11)16-10(2)19-15/h4-5,9,12-13,17H,3,6-8H2,1-2H3. The second-order valence-corrected chi connectivity index (χ2v) is 5.18. The Balaban J connectivity index is 1.73. The predicted molar refractivity (Wildman–Crippen MR) is 75.4 cm³/mol. The van der Waals surface area contributed by atoms with Crippen molar-refractivity contribution < 1.29 is 9.15 Å². The van der Waals surface area contributed by atoms with Gasteiger partial charge < -0.3 is 14.5 Å². The maximum absolute atomic E-state index is 5.70. The fourth-order valence-corrected chi connectivity index (χ4v) is 2.66. The van der Waals surface area contributed by atoms with Crippen LogP contribution in [-0.2, 0) is 4.74 Å². The Hall–Kier alpha value is -1.55. The number of rotatable bonds is 3. The monoisotopic (exact) mass is 260 g/mol. The van der Waals surface area contributed by atoms with Gasteiger partial charge in [0.25, 0.3) is 0 Å². The maximum atomic E-state index is 5.70. The Morgan fingerprint density at radius 2 is 2.32 bits per heavy atom. The molecular formula is C15H20N2O2. The number of fused-ring (bicyclic) bond motifs is 1. The van der Waals surface area contributed by atoms with E-state index >= 15 is 0 Å². The van der Waals surface area contributed by atoms with Gasteiger partial charge in [0, 0.05) is 25.3 Å². The summed E-state index contributed by atoms with van der Waals surface area (Å²) < 4.78 is 11.2. The number of anilines is 1. The molecule has 1 saturated heterocycles. The van der Waals surface area contributed by atoms with Crippen LogP contribution in [0.1, 0.15) is 32.1 Å². The van der Waals surface area contributed by atoms with Crippen molar-refractivity contribution in [3.8, 4) is 0 Å². The van der Waals surface area contributed by atoms with Gasteiger partial charge >= 0.3 is 0 Å². The first-order valence-corrected chi connectivity index (χ1v) is 7.00. The molecule has 1 aromatic carbocycles. The van der Waals surface area contributed by atoms with Gasteiger partial charge in [0.15, 0.2) is 11.5 Å². The van der Waals surface area contributed by atoms with E-state index in [4.69, 9.17) is 9.15 Å². The highest BCUT2D eigenvalue weighted by molar-refractivity contribution is 5.77. The average molecular weight is 260 g/mol. The van der Waals surface area contributed by atoms with E-state index < -0.39 is 0 Å². The minimum atomic E-state index is 0.393. The number of hydrogen-bond acceptors (Lipinski definition) is 4. The van der Waals surface area contributed by atoms with Crippen molar-refractivity contribution in [2.45, 2.75) is 45.3 Å². The summed E-state index contributed by atoms with van der Waals surface area (Å²) in [6.07, 6.45) is 3.61. The third-order valence-corrected chi connectivity index (χ3v) is 3.69. The molecule has 2 aromatic rings. The summed E-state index contributed by atoms with van der Waals surface area (Å²) in [6.45, 7) is 4.90. The summed E-state index contributed by atoms with van der Waals surface area (Å²) in [5.74, 6) is 0.712. The third-order valence-electron chi connectivity index (χ3n) is 3.69. The normalized spacial score (nSPS) is 23.7. The van der Waals surface area contributed by atoms with E-state index in [1.54, 1.807) is 0 Å². The molecule has 2 unspecified atom stereocenters. The van der Waals surface area contributed by atoms with Gasteiger partial charge in [0.05, 0.1) is 6.10 Å². The van der Waals surface area contributed by atoms with Crippen molar-refractivity contribution in [3.05, 3.63) is 24.1 Å². The van der Waals surface area contributed by atoms with Crippen molar-refractivity contribution in [1.29, 1.82) is 0 Å². The van der Waals surface area contributed by atoms with Gasteiger partial charge in [-0.25, -0.2) is 4.98 Å². The zero-order valence-electron chi connectivity index (χ0n) is 11.5. The molecule has 0 spiro atoms.